The van der Waals surface area contributed by atoms with Crippen LogP contribution >= 0.6 is 0 Å². The first-order chi connectivity index (χ1) is 12.5. The SMILES string of the molecule is COc1cccc(C(=O)OCC(=O)NC(C)c2ccc(C)cc2)c1OC. The van der Waals surface area contributed by atoms with Gasteiger partial charge < -0.3 is 19.5 Å². The minimum atomic E-state index is -0.654. The number of carbonyl (C=O) groups is 2. The Bertz CT molecular complexity index is 770. The Morgan fingerprint density at radius 1 is 1.04 bits per heavy atom. The van der Waals surface area contributed by atoms with Crippen molar-refractivity contribution in [2.24, 2.45) is 0 Å². The summed E-state index contributed by atoms with van der Waals surface area (Å²) in [5.41, 5.74) is 2.32. The van der Waals surface area contributed by atoms with Crippen molar-refractivity contribution in [3.05, 3.63) is 59.2 Å². The third-order valence-electron chi connectivity index (χ3n) is 3.91. The van der Waals surface area contributed by atoms with E-state index in [9.17, 15) is 9.59 Å². The van der Waals surface area contributed by atoms with E-state index in [0.717, 1.165) is 11.1 Å². The Morgan fingerprint density at radius 2 is 1.73 bits per heavy atom. The summed E-state index contributed by atoms with van der Waals surface area (Å²) in [5, 5.41) is 2.80. The van der Waals surface area contributed by atoms with Gasteiger partial charge in [-0.1, -0.05) is 35.9 Å². The van der Waals surface area contributed by atoms with Crippen molar-refractivity contribution in [1.82, 2.24) is 5.32 Å². The molecule has 0 saturated heterocycles. The van der Waals surface area contributed by atoms with E-state index in [0.29, 0.717) is 5.75 Å². The first-order valence-electron chi connectivity index (χ1n) is 8.20. The van der Waals surface area contributed by atoms with Crippen LogP contribution in [0, 0.1) is 6.92 Å². The lowest BCUT2D eigenvalue weighted by molar-refractivity contribution is -0.124. The Balaban J connectivity index is 1.95. The standard InChI is InChI=1S/C20H23NO5/c1-13-8-10-15(11-9-13)14(2)21-18(22)12-26-20(23)16-6-5-7-17(24-3)19(16)25-4/h5-11,14H,12H2,1-4H3,(H,21,22). The molecule has 138 valence electrons. The van der Waals surface area contributed by atoms with Crippen LogP contribution < -0.4 is 14.8 Å². The summed E-state index contributed by atoms with van der Waals surface area (Å²) in [5.74, 6) is -0.347. The number of carbonyl (C=O) groups excluding carboxylic acids is 2. The van der Waals surface area contributed by atoms with Crippen molar-refractivity contribution in [3.63, 3.8) is 0 Å². The van der Waals surface area contributed by atoms with Crippen molar-refractivity contribution in [2.75, 3.05) is 20.8 Å². The number of methoxy groups -OCH3 is 2. The maximum absolute atomic E-state index is 12.3. The molecule has 2 rings (SSSR count). The van der Waals surface area contributed by atoms with Crippen LogP contribution in [0.1, 0.15) is 34.5 Å². The highest BCUT2D eigenvalue weighted by Crippen LogP contribution is 2.31. The van der Waals surface area contributed by atoms with E-state index in [1.165, 1.54) is 14.2 Å². The van der Waals surface area contributed by atoms with E-state index in [1.807, 2.05) is 38.1 Å². The molecule has 0 aliphatic carbocycles. The Hall–Kier alpha value is -3.02. The summed E-state index contributed by atoms with van der Waals surface area (Å²) in [6, 6.07) is 12.5. The molecule has 2 aromatic carbocycles. The number of rotatable bonds is 7. The highest BCUT2D eigenvalue weighted by Gasteiger charge is 2.19. The van der Waals surface area contributed by atoms with E-state index in [4.69, 9.17) is 14.2 Å². The van der Waals surface area contributed by atoms with Crippen LogP contribution in [0.15, 0.2) is 42.5 Å². The molecule has 1 N–H and O–H groups in total. The van der Waals surface area contributed by atoms with E-state index in [1.54, 1.807) is 18.2 Å². The van der Waals surface area contributed by atoms with Gasteiger partial charge in [-0.05, 0) is 31.5 Å². The van der Waals surface area contributed by atoms with Crippen LogP contribution in [-0.2, 0) is 9.53 Å². The van der Waals surface area contributed by atoms with Crippen LogP contribution in [0.3, 0.4) is 0 Å². The van der Waals surface area contributed by atoms with E-state index < -0.39 is 5.97 Å². The minimum Gasteiger partial charge on any atom is -0.493 e. The molecule has 0 aliphatic rings. The quantitative estimate of drug-likeness (QED) is 0.771. The fourth-order valence-corrected chi connectivity index (χ4v) is 2.48. The molecule has 1 amide bonds. The summed E-state index contributed by atoms with van der Waals surface area (Å²) in [7, 11) is 2.91. The van der Waals surface area contributed by atoms with Crippen LogP contribution in [-0.4, -0.2) is 32.7 Å². The Morgan fingerprint density at radius 3 is 2.35 bits per heavy atom. The number of nitrogens with one attached hydrogen (secondary N) is 1. The van der Waals surface area contributed by atoms with Gasteiger partial charge in [0.15, 0.2) is 18.1 Å². The topological polar surface area (TPSA) is 73.9 Å². The monoisotopic (exact) mass is 357 g/mol. The number of esters is 1. The molecular weight excluding hydrogens is 334 g/mol. The molecule has 0 spiro atoms. The molecule has 0 aromatic heterocycles. The fourth-order valence-electron chi connectivity index (χ4n) is 2.48. The molecule has 0 aliphatic heterocycles. The number of ether oxygens (including phenoxy) is 3. The van der Waals surface area contributed by atoms with Gasteiger partial charge in [0.2, 0.25) is 0 Å². The normalized spacial score (nSPS) is 11.4. The maximum atomic E-state index is 12.3. The average molecular weight is 357 g/mol. The smallest absolute Gasteiger partial charge is 0.342 e. The molecule has 0 saturated carbocycles. The average Bonchev–Trinajstić information content (AvgIpc) is 2.65. The van der Waals surface area contributed by atoms with Gasteiger partial charge in [-0.3, -0.25) is 4.79 Å². The maximum Gasteiger partial charge on any atom is 0.342 e. The first kappa shape index (κ1) is 19.3. The Labute approximate surface area is 153 Å². The summed E-state index contributed by atoms with van der Waals surface area (Å²) >= 11 is 0. The molecule has 6 heteroatoms. The van der Waals surface area contributed by atoms with Gasteiger partial charge >= 0.3 is 5.97 Å². The largest absolute Gasteiger partial charge is 0.493 e. The van der Waals surface area contributed by atoms with Crippen LogP contribution in [0.4, 0.5) is 0 Å². The zero-order chi connectivity index (χ0) is 19.1. The number of benzene rings is 2. The predicted molar refractivity (Wildman–Crippen MR) is 97.6 cm³/mol. The van der Waals surface area contributed by atoms with Gasteiger partial charge in [0.05, 0.1) is 20.3 Å². The molecule has 0 heterocycles. The summed E-state index contributed by atoms with van der Waals surface area (Å²) < 4.78 is 15.5. The van der Waals surface area contributed by atoms with Gasteiger partial charge in [-0.25, -0.2) is 4.79 Å². The second-order valence-electron chi connectivity index (χ2n) is 5.82. The van der Waals surface area contributed by atoms with Crippen molar-refractivity contribution in [2.45, 2.75) is 19.9 Å². The lowest BCUT2D eigenvalue weighted by Gasteiger charge is -2.15. The van der Waals surface area contributed by atoms with Gasteiger partial charge in [0.25, 0.3) is 5.91 Å². The van der Waals surface area contributed by atoms with E-state index >= 15 is 0 Å². The molecule has 1 unspecified atom stereocenters. The van der Waals surface area contributed by atoms with Gasteiger partial charge in [-0.15, -0.1) is 0 Å². The molecule has 26 heavy (non-hydrogen) atoms. The number of amides is 1. The minimum absolute atomic E-state index is 0.187. The number of hydrogen-bond donors (Lipinski definition) is 1. The molecule has 0 fully saturated rings. The van der Waals surface area contributed by atoms with Gasteiger partial charge in [0.1, 0.15) is 5.56 Å². The van der Waals surface area contributed by atoms with Crippen molar-refractivity contribution < 1.29 is 23.8 Å². The molecule has 2 aromatic rings. The second-order valence-corrected chi connectivity index (χ2v) is 5.82. The third kappa shape index (κ3) is 4.75. The van der Waals surface area contributed by atoms with Crippen LogP contribution in [0.5, 0.6) is 11.5 Å². The second kappa shape index (κ2) is 8.89. The summed E-state index contributed by atoms with van der Waals surface area (Å²) in [6.45, 7) is 3.49. The van der Waals surface area contributed by atoms with Gasteiger partial charge in [-0.2, -0.15) is 0 Å². The third-order valence-corrected chi connectivity index (χ3v) is 3.91. The number of hydrogen-bond acceptors (Lipinski definition) is 5. The van der Waals surface area contributed by atoms with E-state index in [-0.39, 0.29) is 29.9 Å². The van der Waals surface area contributed by atoms with Gasteiger partial charge in [0, 0.05) is 0 Å². The molecule has 1 atom stereocenters. The van der Waals surface area contributed by atoms with Crippen LogP contribution in [0.2, 0.25) is 0 Å². The first-order valence-corrected chi connectivity index (χ1v) is 8.20. The molecular formula is C20H23NO5. The van der Waals surface area contributed by atoms with Crippen molar-refractivity contribution in [3.8, 4) is 11.5 Å². The summed E-state index contributed by atoms with van der Waals surface area (Å²) in [6.07, 6.45) is 0. The lowest BCUT2D eigenvalue weighted by Crippen LogP contribution is -2.31. The predicted octanol–water partition coefficient (Wildman–Crippen LogP) is 3.05. The highest BCUT2D eigenvalue weighted by atomic mass is 16.5. The fraction of sp³-hybridized carbons (Fsp3) is 0.300. The van der Waals surface area contributed by atoms with Crippen LogP contribution in [0.25, 0.3) is 0 Å². The molecule has 6 nitrogen and oxygen atoms in total. The van der Waals surface area contributed by atoms with E-state index in [2.05, 4.69) is 5.32 Å². The number of para-hydroxylation sites is 1. The zero-order valence-electron chi connectivity index (χ0n) is 15.4. The van der Waals surface area contributed by atoms with Crippen molar-refractivity contribution >= 4 is 11.9 Å². The lowest BCUT2D eigenvalue weighted by atomic mass is 10.1. The summed E-state index contributed by atoms with van der Waals surface area (Å²) in [4.78, 5) is 24.3. The van der Waals surface area contributed by atoms with Crippen molar-refractivity contribution in [1.29, 1.82) is 0 Å². The highest BCUT2D eigenvalue weighted by molar-refractivity contribution is 5.95. The molecule has 0 bridgehead atoms. The Kier molecular flexibility index (Phi) is 6.60. The molecule has 0 radical (unpaired) electrons. The number of aryl methyl sites for hydroxylation is 1. The zero-order valence-corrected chi connectivity index (χ0v) is 15.4.